The summed E-state index contributed by atoms with van der Waals surface area (Å²) in [4.78, 5) is 43.9. The van der Waals surface area contributed by atoms with Gasteiger partial charge < -0.3 is 15.1 Å². The number of amides is 3. The fourth-order valence-corrected chi connectivity index (χ4v) is 3.72. The van der Waals surface area contributed by atoms with Gasteiger partial charge in [-0.3, -0.25) is 19.4 Å². The van der Waals surface area contributed by atoms with Crippen LogP contribution in [-0.4, -0.2) is 53.8 Å². The largest absolute Gasteiger partial charge is 0.347 e. The molecule has 1 spiro atoms. The first-order valence-corrected chi connectivity index (χ1v) is 8.18. The lowest BCUT2D eigenvalue weighted by molar-refractivity contribution is -0.132. The fraction of sp³-hybridized carbons (Fsp3) is 0.529. The minimum atomic E-state index is -0.526. The molecule has 2 aliphatic heterocycles. The van der Waals surface area contributed by atoms with E-state index < -0.39 is 5.41 Å². The van der Waals surface area contributed by atoms with Crippen molar-refractivity contribution in [1.29, 1.82) is 0 Å². The zero-order valence-corrected chi connectivity index (χ0v) is 14.0. The Hall–Kier alpha value is -2.44. The van der Waals surface area contributed by atoms with Gasteiger partial charge in [-0.15, -0.1) is 0 Å². The van der Waals surface area contributed by atoms with Crippen molar-refractivity contribution in [1.82, 2.24) is 15.2 Å². The Bertz CT molecular complexity index is 663. The lowest BCUT2D eigenvalue weighted by atomic mass is 9.78. The first kappa shape index (κ1) is 16.4. The van der Waals surface area contributed by atoms with Gasteiger partial charge in [-0.2, -0.15) is 0 Å². The number of nitrogens with one attached hydrogen (secondary N) is 1. The van der Waals surface area contributed by atoms with Gasteiger partial charge in [0, 0.05) is 32.8 Å². The summed E-state index contributed by atoms with van der Waals surface area (Å²) in [7, 11) is 0. The zero-order valence-electron chi connectivity index (χ0n) is 14.0. The highest BCUT2D eigenvalue weighted by atomic mass is 16.2. The van der Waals surface area contributed by atoms with Crippen molar-refractivity contribution >= 4 is 23.4 Å². The maximum Gasteiger partial charge on any atom is 0.242 e. The first-order chi connectivity index (χ1) is 11.4. The van der Waals surface area contributed by atoms with E-state index in [2.05, 4.69) is 10.3 Å². The predicted octanol–water partition coefficient (Wildman–Crippen LogP) is 0.419. The van der Waals surface area contributed by atoms with Gasteiger partial charge in [-0.25, -0.2) is 0 Å². The number of hydrogen-bond acceptors (Lipinski definition) is 4. The van der Waals surface area contributed by atoms with Gasteiger partial charge in [0.1, 0.15) is 0 Å². The summed E-state index contributed by atoms with van der Waals surface area (Å²) >= 11 is 0. The average molecular weight is 330 g/mol. The number of nitrogens with zero attached hydrogens (tertiary/aromatic N) is 3. The van der Waals surface area contributed by atoms with E-state index in [1.807, 2.05) is 19.1 Å². The molecule has 0 aliphatic carbocycles. The molecule has 0 saturated carbocycles. The van der Waals surface area contributed by atoms with Crippen LogP contribution in [0.2, 0.25) is 0 Å². The highest BCUT2D eigenvalue weighted by molar-refractivity contribution is 6.01. The average Bonchev–Trinajstić information content (AvgIpc) is 3.08. The normalized spacial score (nSPS) is 26.2. The monoisotopic (exact) mass is 330 g/mol. The number of pyridine rings is 1. The maximum absolute atomic E-state index is 13.1. The van der Waals surface area contributed by atoms with Crippen molar-refractivity contribution in [2.75, 3.05) is 31.1 Å². The molecule has 0 radical (unpaired) electrons. The van der Waals surface area contributed by atoms with Crippen LogP contribution in [0.25, 0.3) is 0 Å². The van der Waals surface area contributed by atoms with E-state index in [0.29, 0.717) is 19.6 Å². The van der Waals surface area contributed by atoms with E-state index in [-0.39, 0.29) is 30.2 Å². The maximum atomic E-state index is 13.1. The molecule has 3 amide bonds. The van der Waals surface area contributed by atoms with Gasteiger partial charge >= 0.3 is 0 Å². The fourth-order valence-electron chi connectivity index (χ4n) is 3.72. The topological polar surface area (TPSA) is 82.6 Å². The lowest BCUT2D eigenvalue weighted by Crippen LogP contribution is -2.42. The van der Waals surface area contributed by atoms with Crippen LogP contribution in [0.1, 0.15) is 20.3 Å². The third-order valence-electron chi connectivity index (χ3n) is 5.16. The Morgan fingerprint density at radius 2 is 2.25 bits per heavy atom. The van der Waals surface area contributed by atoms with Crippen molar-refractivity contribution < 1.29 is 14.4 Å². The highest BCUT2D eigenvalue weighted by Gasteiger charge is 2.56. The van der Waals surface area contributed by atoms with E-state index in [1.165, 1.54) is 6.92 Å². The minimum absolute atomic E-state index is 0.0152. The number of likely N-dealkylation sites (tertiary alicyclic amines) is 1. The van der Waals surface area contributed by atoms with E-state index in [0.717, 1.165) is 12.1 Å². The molecule has 7 heteroatoms. The Morgan fingerprint density at radius 3 is 2.92 bits per heavy atom. The van der Waals surface area contributed by atoms with Crippen molar-refractivity contribution in [3.05, 3.63) is 24.5 Å². The SMILES string of the molecule is CC(=O)NCC(=O)N1C[C@@H](C)[C@@]2(CCN(c3cccnc3)C2=O)C1. The van der Waals surface area contributed by atoms with Crippen molar-refractivity contribution in [3.8, 4) is 0 Å². The number of aromatic nitrogens is 1. The lowest BCUT2D eigenvalue weighted by Gasteiger charge is -2.26. The van der Waals surface area contributed by atoms with Gasteiger partial charge in [0.25, 0.3) is 0 Å². The van der Waals surface area contributed by atoms with Gasteiger partial charge in [-0.1, -0.05) is 6.92 Å². The Balaban J connectivity index is 1.73. The Kier molecular flexibility index (Phi) is 4.26. The summed E-state index contributed by atoms with van der Waals surface area (Å²) in [6.07, 6.45) is 4.10. The van der Waals surface area contributed by atoms with E-state index >= 15 is 0 Å². The third kappa shape index (κ3) is 2.74. The molecule has 2 saturated heterocycles. The van der Waals surface area contributed by atoms with Crippen LogP contribution in [0.4, 0.5) is 5.69 Å². The van der Waals surface area contributed by atoms with Crippen LogP contribution in [0, 0.1) is 11.3 Å². The molecule has 2 aliphatic rings. The van der Waals surface area contributed by atoms with E-state index in [1.54, 1.807) is 22.2 Å². The second kappa shape index (κ2) is 6.22. The third-order valence-corrected chi connectivity index (χ3v) is 5.16. The summed E-state index contributed by atoms with van der Waals surface area (Å²) in [6, 6.07) is 3.69. The van der Waals surface area contributed by atoms with Crippen molar-refractivity contribution in [2.45, 2.75) is 20.3 Å². The zero-order chi connectivity index (χ0) is 17.3. The van der Waals surface area contributed by atoms with Gasteiger partial charge in [-0.05, 0) is 24.5 Å². The summed E-state index contributed by atoms with van der Waals surface area (Å²) in [6.45, 7) is 5.00. The second-order valence-corrected chi connectivity index (χ2v) is 6.66. The van der Waals surface area contributed by atoms with Gasteiger partial charge in [0.05, 0.1) is 23.8 Å². The summed E-state index contributed by atoms with van der Waals surface area (Å²) < 4.78 is 0. The standard InChI is InChI=1S/C17H22N4O3/c1-12-10-20(15(23)9-19-13(2)22)11-17(12)5-7-21(16(17)24)14-4-3-6-18-8-14/h3-4,6,8,12H,5,7,9-11H2,1-2H3,(H,19,22)/t12-,17-/m1/s1. The predicted molar refractivity (Wildman–Crippen MR) is 88.1 cm³/mol. The van der Waals surface area contributed by atoms with Crippen LogP contribution in [0.5, 0.6) is 0 Å². The van der Waals surface area contributed by atoms with Crippen LogP contribution >= 0.6 is 0 Å². The molecule has 2 atom stereocenters. The van der Waals surface area contributed by atoms with Gasteiger partial charge in [0.2, 0.25) is 17.7 Å². The molecule has 1 aromatic heterocycles. The van der Waals surface area contributed by atoms with Crippen LogP contribution in [-0.2, 0) is 14.4 Å². The summed E-state index contributed by atoms with van der Waals surface area (Å²) in [5.41, 5.74) is 0.274. The number of anilines is 1. The van der Waals surface area contributed by atoms with Crippen LogP contribution in [0.15, 0.2) is 24.5 Å². The van der Waals surface area contributed by atoms with Crippen LogP contribution < -0.4 is 10.2 Å². The molecule has 3 heterocycles. The second-order valence-electron chi connectivity index (χ2n) is 6.66. The molecule has 1 aromatic rings. The van der Waals surface area contributed by atoms with E-state index in [4.69, 9.17) is 0 Å². The number of carbonyl (C=O) groups excluding carboxylic acids is 3. The van der Waals surface area contributed by atoms with E-state index in [9.17, 15) is 14.4 Å². The quantitative estimate of drug-likeness (QED) is 0.871. The van der Waals surface area contributed by atoms with Gasteiger partial charge in [0.15, 0.2) is 0 Å². The Morgan fingerprint density at radius 1 is 1.46 bits per heavy atom. The molecule has 7 nitrogen and oxygen atoms in total. The molecule has 1 N–H and O–H groups in total. The molecule has 128 valence electrons. The molecule has 0 unspecified atom stereocenters. The molecular weight excluding hydrogens is 308 g/mol. The number of hydrogen-bond donors (Lipinski definition) is 1. The van der Waals surface area contributed by atoms with Crippen molar-refractivity contribution in [3.63, 3.8) is 0 Å². The smallest absolute Gasteiger partial charge is 0.242 e. The molecule has 0 bridgehead atoms. The Labute approximate surface area is 141 Å². The molecule has 24 heavy (non-hydrogen) atoms. The minimum Gasteiger partial charge on any atom is -0.347 e. The number of carbonyl (C=O) groups is 3. The molecule has 0 aromatic carbocycles. The summed E-state index contributed by atoms with van der Waals surface area (Å²) in [5, 5.41) is 2.53. The van der Waals surface area contributed by atoms with Crippen LogP contribution in [0.3, 0.4) is 0 Å². The highest BCUT2D eigenvalue weighted by Crippen LogP contribution is 2.45. The number of rotatable bonds is 3. The van der Waals surface area contributed by atoms with Crippen molar-refractivity contribution in [2.24, 2.45) is 11.3 Å². The first-order valence-electron chi connectivity index (χ1n) is 8.18. The summed E-state index contributed by atoms with van der Waals surface area (Å²) in [5.74, 6) is -0.211. The molecule has 3 rings (SSSR count). The molecule has 2 fully saturated rings. The molecular formula is C17H22N4O3.